The SMILES string of the molecule is C1=CC(n2ccnc2-c2ccccc2)=N[N]1. The Hall–Kier alpha value is -2.36. The normalized spacial score (nSPS) is 13.6. The summed E-state index contributed by atoms with van der Waals surface area (Å²) >= 11 is 0. The lowest BCUT2D eigenvalue weighted by Gasteiger charge is -2.04. The van der Waals surface area contributed by atoms with E-state index in [1.165, 1.54) is 0 Å². The van der Waals surface area contributed by atoms with Crippen molar-refractivity contribution in [3.8, 4) is 11.4 Å². The zero-order chi connectivity index (χ0) is 10.8. The third-order valence-corrected chi connectivity index (χ3v) is 2.37. The molecule has 4 heteroatoms. The van der Waals surface area contributed by atoms with Gasteiger partial charge in [-0.2, -0.15) is 5.43 Å². The van der Waals surface area contributed by atoms with Crippen molar-refractivity contribution in [3.05, 3.63) is 55.0 Å². The molecule has 0 aliphatic carbocycles. The second-order valence-electron chi connectivity index (χ2n) is 3.38. The molecular formula is C12H9N4. The van der Waals surface area contributed by atoms with Crippen LogP contribution in [0, 0.1) is 0 Å². The highest BCUT2D eigenvalue weighted by Gasteiger charge is 2.10. The molecule has 77 valence electrons. The van der Waals surface area contributed by atoms with E-state index in [1.807, 2.05) is 47.2 Å². The third kappa shape index (κ3) is 1.40. The number of aromatic nitrogens is 2. The maximum Gasteiger partial charge on any atom is 0.162 e. The lowest BCUT2D eigenvalue weighted by atomic mass is 10.2. The lowest BCUT2D eigenvalue weighted by Crippen LogP contribution is -2.08. The average Bonchev–Trinajstić information content (AvgIpc) is 3.01. The fraction of sp³-hybridized carbons (Fsp3) is 0. The van der Waals surface area contributed by atoms with Gasteiger partial charge in [0.1, 0.15) is 5.82 Å². The van der Waals surface area contributed by atoms with E-state index in [9.17, 15) is 0 Å². The summed E-state index contributed by atoms with van der Waals surface area (Å²) in [6, 6.07) is 10.0. The quantitative estimate of drug-likeness (QED) is 0.706. The summed E-state index contributed by atoms with van der Waals surface area (Å²) in [6.45, 7) is 0. The average molecular weight is 209 g/mol. The van der Waals surface area contributed by atoms with Crippen molar-refractivity contribution in [2.75, 3.05) is 0 Å². The van der Waals surface area contributed by atoms with Crippen LogP contribution in [0.25, 0.3) is 11.4 Å². The summed E-state index contributed by atoms with van der Waals surface area (Å²) in [7, 11) is 0. The molecule has 0 saturated heterocycles. The number of hydrogen-bond donors (Lipinski definition) is 0. The number of hydrogen-bond acceptors (Lipinski definition) is 2. The molecule has 1 aliphatic heterocycles. The number of benzene rings is 1. The van der Waals surface area contributed by atoms with Crippen molar-refractivity contribution in [1.29, 1.82) is 0 Å². The summed E-state index contributed by atoms with van der Waals surface area (Å²) < 4.78 is 1.92. The van der Waals surface area contributed by atoms with Gasteiger partial charge in [-0.25, -0.2) is 4.98 Å². The molecule has 16 heavy (non-hydrogen) atoms. The molecular weight excluding hydrogens is 200 g/mol. The Balaban J connectivity index is 2.09. The summed E-state index contributed by atoms with van der Waals surface area (Å²) in [5, 5.41) is 4.02. The van der Waals surface area contributed by atoms with Crippen LogP contribution >= 0.6 is 0 Å². The highest BCUT2D eigenvalue weighted by atomic mass is 15.3. The molecule has 3 rings (SSSR count). The molecule has 0 atom stereocenters. The van der Waals surface area contributed by atoms with Gasteiger partial charge in [0, 0.05) is 24.0 Å². The molecule has 0 spiro atoms. The molecule has 1 aromatic carbocycles. The van der Waals surface area contributed by atoms with Gasteiger partial charge < -0.3 is 0 Å². The standard InChI is InChI=1S/C12H9N4/c1-2-4-10(5-3-1)12-13-8-9-16(12)11-6-7-14-15-11/h1-9H. The summed E-state index contributed by atoms with van der Waals surface area (Å²) in [5.41, 5.74) is 4.88. The highest BCUT2D eigenvalue weighted by molar-refractivity contribution is 5.97. The molecule has 2 heterocycles. The molecule has 0 N–H and O–H groups in total. The zero-order valence-electron chi connectivity index (χ0n) is 8.49. The first-order valence-electron chi connectivity index (χ1n) is 4.99. The predicted octanol–water partition coefficient (Wildman–Crippen LogP) is 1.84. The topological polar surface area (TPSA) is 44.3 Å². The van der Waals surface area contributed by atoms with Gasteiger partial charge >= 0.3 is 0 Å². The summed E-state index contributed by atoms with van der Waals surface area (Å²) in [6.07, 6.45) is 7.17. The van der Waals surface area contributed by atoms with E-state index in [0.717, 1.165) is 17.2 Å². The predicted molar refractivity (Wildman–Crippen MR) is 61.8 cm³/mol. The summed E-state index contributed by atoms with van der Waals surface area (Å²) in [5.74, 6) is 1.66. The zero-order valence-corrected chi connectivity index (χ0v) is 8.49. The Bertz CT molecular complexity index is 551. The van der Waals surface area contributed by atoms with Crippen molar-refractivity contribution >= 4 is 5.84 Å². The van der Waals surface area contributed by atoms with Crippen LogP contribution in [0.15, 0.2) is 60.1 Å². The van der Waals surface area contributed by atoms with Crippen molar-refractivity contribution in [2.24, 2.45) is 5.10 Å². The molecule has 1 radical (unpaired) electrons. The van der Waals surface area contributed by atoms with Crippen LogP contribution in [0.2, 0.25) is 0 Å². The Kier molecular flexibility index (Phi) is 2.04. The van der Waals surface area contributed by atoms with E-state index < -0.39 is 0 Å². The maximum absolute atomic E-state index is 4.34. The second kappa shape index (κ2) is 3.66. The summed E-state index contributed by atoms with van der Waals surface area (Å²) in [4.78, 5) is 4.34. The Morgan fingerprint density at radius 3 is 2.69 bits per heavy atom. The van der Waals surface area contributed by atoms with Crippen LogP contribution < -0.4 is 5.43 Å². The molecule has 1 aromatic heterocycles. The number of rotatable bonds is 1. The minimum atomic E-state index is 0.788. The largest absolute Gasteiger partial charge is 0.282 e. The van der Waals surface area contributed by atoms with Crippen molar-refractivity contribution < 1.29 is 0 Å². The van der Waals surface area contributed by atoms with Gasteiger partial charge in [-0.15, -0.1) is 5.10 Å². The smallest absolute Gasteiger partial charge is 0.162 e. The number of imidazole rings is 1. The van der Waals surface area contributed by atoms with Gasteiger partial charge in [0.2, 0.25) is 0 Å². The Morgan fingerprint density at radius 1 is 1.06 bits per heavy atom. The highest BCUT2D eigenvalue weighted by Crippen LogP contribution is 2.17. The monoisotopic (exact) mass is 209 g/mol. The van der Waals surface area contributed by atoms with E-state index in [4.69, 9.17) is 0 Å². The molecule has 0 unspecified atom stereocenters. The third-order valence-electron chi connectivity index (χ3n) is 2.37. The van der Waals surface area contributed by atoms with Gasteiger partial charge in [-0.1, -0.05) is 30.3 Å². The molecule has 0 saturated carbocycles. The molecule has 4 nitrogen and oxygen atoms in total. The van der Waals surface area contributed by atoms with Crippen molar-refractivity contribution in [1.82, 2.24) is 15.0 Å². The van der Waals surface area contributed by atoms with E-state index in [0.29, 0.717) is 0 Å². The van der Waals surface area contributed by atoms with Crippen LogP contribution in [0.3, 0.4) is 0 Å². The second-order valence-corrected chi connectivity index (χ2v) is 3.38. The van der Waals surface area contributed by atoms with Crippen LogP contribution in [0.1, 0.15) is 0 Å². The van der Waals surface area contributed by atoms with E-state index in [2.05, 4.69) is 15.5 Å². The molecule has 0 amide bonds. The van der Waals surface area contributed by atoms with Gasteiger partial charge in [0.15, 0.2) is 5.84 Å². The molecule has 2 aromatic rings. The first kappa shape index (κ1) is 8.91. The first-order chi connectivity index (χ1) is 7.95. The molecule has 1 aliphatic rings. The van der Waals surface area contributed by atoms with Gasteiger partial charge in [-0.3, -0.25) is 4.57 Å². The minimum absolute atomic E-state index is 0.788. The van der Waals surface area contributed by atoms with E-state index in [-0.39, 0.29) is 0 Å². The minimum Gasteiger partial charge on any atom is -0.282 e. The Labute approximate surface area is 92.9 Å². The van der Waals surface area contributed by atoms with Gasteiger partial charge in [0.05, 0.1) is 6.20 Å². The van der Waals surface area contributed by atoms with E-state index >= 15 is 0 Å². The Morgan fingerprint density at radius 2 is 1.94 bits per heavy atom. The van der Waals surface area contributed by atoms with Crippen molar-refractivity contribution in [3.63, 3.8) is 0 Å². The van der Waals surface area contributed by atoms with Crippen LogP contribution in [-0.2, 0) is 0 Å². The van der Waals surface area contributed by atoms with Crippen LogP contribution in [-0.4, -0.2) is 15.4 Å². The molecule has 0 fully saturated rings. The van der Waals surface area contributed by atoms with E-state index in [1.54, 1.807) is 12.4 Å². The maximum atomic E-state index is 4.34. The number of nitrogens with zero attached hydrogens (tertiary/aromatic N) is 4. The fourth-order valence-corrected chi connectivity index (χ4v) is 1.64. The van der Waals surface area contributed by atoms with Gasteiger partial charge in [-0.05, 0) is 0 Å². The van der Waals surface area contributed by atoms with Crippen molar-refractivity contribution in [2.45, 2.75) is 0 Å². The fourth-order valence-electron chi connectivity index (χ4n) is 1.64. The lowest BCUT2D eigenvalue weighted by molar-refractivity contribution is 0.955. The van der Waals surface area contributed by atoms with Crippen LogP contribution in [0.4, 0.5) is 0 Å². The number of allylic oxidation sites excluding steroid dienone is 1. The van der Waals surface area contributed by atoms with Gasteiger partial charge in [0.25, 0.3) is 0 Å². The van der Waals surface area contributed by atoms with Crippen LogP contribution in [0.5, 0.6) is 0 Å². The first-order valence-corrected chi connectivity index (χ1v) is 4.99. The molecule has 0 bridgehead atoms.